The minimum absolute atomic E-state index is 0.0433. The number of amides is 1. The second-order valence-corrected chi connectivity index (χ2v) is 7.91. The van der Waals surface area contributed by atoms with Crippen LogP contribution in [0.5, 0.6) is 0 Å². The maximum Gasteiger partial charge on any atom is 0.255 e. The number of carbonyl (C=O) groups is 1. The molecule has 2 aromatic carbocycles. The van der Waals surface area contributed by atoms with Crippen molar-refractivity contribution in [3.05, 3.63) is 64.2 Å². The molecule has 0 bridgehead atoms. The smallest absolute Gasteiger partial charge is 0.255 e. The van der Waals surface area contributed by atoms with Crippen LogP contribution < -0.4 is 5.32 Å². The summed E-state index contributed by atoms with van der Waals surface area (Å²) in [5, 5.41) is 3.08. The quantitative estimate of drug-likeness (QED) is 0.832. The van der Waals surface area contributed by atoms with E-state index in [1.54, 1.807) is 0 Å². The first kappa shape index (κ1) is 18.7. The monoisotopic (exact) mass is 350 g/mol. The highest BCUT2D eigenvalue weighted by molar-refractivity contribution is 6.05. The van der Waals surface area contributed by atoms with Gasteiger partial charge in [-0.2, -0.15) is 0 Å². The van der Waals surface area contributed by atoms with E-state index in [0.29, 0.717) is 5.56 Å². The lowest BCUT2D eigenvalue weighted by molar-refractivity contribution is 0.102. The van der Waals surface area contributed by atoms with Gasteiger partial charge in [-0.1, -0.05) is 36.8 Å². The fourth-order valence-electron chi connectivity index (χ4n) is 4.01. The summed E-state index contributed by atoms with van der Waals surface area (Å²) in [5.41, 5.74) is 6.33. The van der Waals surface area contributed by atoms with Crippen LogP contribution in [0.25, 0.3) is 0 Å². The van der Waals surface area contributed by atoms with Crippen LogP contribution in [0, 0.1) is 26.7 Å². The van der Waals surface area contributed by atoms with Crippen LogP contribution >= 0.6 is 0 Å². The zero-order valence-corrected chi connectivity index (χ0v) is 16.4. The number of hydrogen-bond acceptors (Lipinski definition) is 2. The van der Waals surface area contributed by atoms with Gasteiger partial charge in [-0.3, -0.25) is 9.69 Å². The lowest BCUT2D eigenvalue weighted by Crippen LogP contribution is -2.33. The minimum atomic E-state index is -0.0433. The molecule has 0 spiro atoms. The van der Waals surface area contributed by atoms with Crippen LogP contribution in [0.4, 0.5) is 5.69 Å². The van der Waals surface area contributed by atoms with Gasteiger partial charge in [0.2, 0.25) is 0 Å². The third-order valence-electron chi connectivity index (χ3n) is 5.28. The third kappa shape index (κ3) is 4.53. The van der Waals surface area contributed by atoms with E-state index in [9.17, 15) is 4.79 Å². The van der Waals surface area contributed by atoms with Gasteiger partial charge < -0.3 is 5.32 Å². The van der Waals surface area contributed by atoms with Crippen molar-refractivity contribution in [3.8, 4) is 0 Å². The largest absolute Gasteiger partial charge is 0.322 e. The maximum atomic E-state index is 12.6. The lowest BCUT2D eigenvalue weighted by atomic mass is 9.99. The molecule has 0 aromatic heterocycles. The van der Waals surface area contributed by atoms with Crippen LogP contribution in [0.3, 0.4) is 0 Å². The first-order valence-electron chi connectivity index (χ1n) is 9.63. The Morgan fingerprint density at radius 3 is 2.38 bits per heavy atom. The fourth-order valence-corrected chi connectivity index (χ4v) is 4.01. The summed E-state index contributed by atoms with van der Waals surface area (Å²) in [5.74, 6) is 0.744. The van der Waals surface area contributed by atoms with Gasteiger partial charge in [0.25, 0.3) is 5.91 Å². The number of benzene rings is 2. The molecular weight excluding hydrogens is 320 g/mol. The van der Waals surface area contributed by atoms with E-state index in [-0.39, 0.29) is 5.91 Å². The molecule has 3 nitrogen and oxygen atoms in total. The number of anilines is 1. The molecule has 1 amide bonds. The molecule has 1 N–H and O–H groups in total. The number of nitrogens with zero attached hydrogens (tertiary/aromatic N) is 1. The summed E-state index contributed by atoms with van der Waals surface area (Å²) in [4.78, 5) is 15.1. The summed E-state index contributed by atoms with van der Waals surface area (Å²) in [6.45, 7) is 11.8. The Morgan fingerprint density at radius 1 is 1.12 bits per heavy atom. The van der Waals surface area contributed by atoms with Gasteiger partial charge in [0.05, 0.1) is 0 Å². The van der Waals surface area contributed by atoms with E-state index in [1.165, 1.54) is 37.1 Å². The molecule has 1 aliphatic heterocycles. The molecule has 2 aromatic rings. The van der Waals surface area contributed by atoms with Crippen molar-refractivity contribution in [1.82, 2.24) is 4.90 Å². The number of rotatable bonds is 4. The van der Waals surface area contributed by atoms with Gasteiger partial charge in [-0.25, -0.2) is 0 Å². The first-order chi connectivity index (χ1) is 12.4. The molecule has 1 aliphatic rings. The average Bonchev–Trinajstić information content (AvgIpc) is 2.58. The van der Waals surface area contributed by atoms with Gasteiger partial charge in [0, 0.05) is 24.3 Å². The van der Waals surface area contributed by atoms with Crippen molar-refractivity contribution >= 4 is 11.6 Å². The highest BCUT2D eigenvalue weighted by Crippen LogP contribution is 2.23. The van der Waals surface area contributed by atoms with Crippen molar-refractivity contribution in [2.24, 2.45) is 5.92 Å². The molecule has 0 unspecified atom stereocenters. The molecule has 3 rings (SSSR count). The number of likely N-dealkylation sites (tertiary alicyclic amines) is 1. The van der Waals surface area contributed by atoms with Crippen LogP contribution in [0.15, 0.2) is 36.4 Å². The van der Waals surface area contributed by atoms with E-state index in [0.717, 1.165) is 29.3 Å². The predicted octanol–water partition coefficient (Wildman–Crippen LogP) is 5.10. The van der Waals surface area contributed by atoms with Crippen molar-refractivity contribution in [1.29, 1.82) is 0 Å². The summed E-state index contributed by atoms with van der Waals surface area (Å²) in [7, 11) is 0. The molecule has 0 radical (unpaired) electrons. The van der Waals surface area contributed by atoms with Gasteiger partial charge in [0.15, 0.2) is 0 Å². The Bertz CT molecular complexity index is 756. The molecule has 1 fully saturated rings. The second-order valence-electron chi connectivity index (χ2n) is 7.91. The Morgan fingerprint density at radius 2 is 1.77 bits per heavy atom. The Balaban J connectivity index is 1.65. The highest BCUT2D eigenvalue weighted by Gasteiger charge is 2.16. The molecule has 0 saturated carbocycles. The van der Waals surface area contributed by atoms with E-state index < -0.39 is 0 Å². The lowest BCUT2D eigenvalue weighted by Gasteiger charge is -2.30. The standard InChI is InChI=1S/C23H30N2O/c1-16-6-5-11-25(14-16)15-20-7-9-21(10-8-20)23(26)24-22-18(3)12-17(2)13-19(22)4/h7-10,12-13,16H,5-6,11,14-15H2,1-4H3,(H,24,26)/t16-/m0/s1. The zero-order valence-electron chi connectivity index (χ0n) is 16.4. The van der Waals surface area contributed by atoms with Gasteiger partial charge in [0.1, 0.15) is 0 Å². The van der Waals surface area contributed by atoms with Crippen molar-refractivity contribution in [3.63, 3.8) is 0 Å². The van der Waals surface area contributed by atoms with Crippen LogP contribution in [-0.2, 0) is 6.54 Å². The van der Waals surface area contributed by atoms with Crippen molar-refractivity contribution in [2.45, 2.75) is 47.1 Å². The number of carbonyl (C=O) groups excluding carboxylic acids is 1. The molecule has 1 atom stereocenters. The molecule has 1 heterocycles. The number of aryl methyl sites for hydroxylation is 3. The molecular formula is C23H30N2O. The molecule has 3 heteroatoms. The van der Waals surface area contributed by atoms with Crippen LogP contribution in [0.2, 0.25) is 0 Å². The summed E-state index contributed by atoms with van der Waals surface area (Å²) < 4.78 is 0. The minimum Gasteiger partial charge on any atom is -0.322 e. The predicted molar refractivity (Wildman–Crippen MR) is 109 cm³/mol. The van der Waals surface area contributed by atoms with Crippen molar-refractivity contribution < 1.29 is 4.79 Å². The third-order valence-corrected chi connectivity index (χ3v) is 5.28. The number of piperidine rings is 1. The maximum absolute atomic E-state index is 12.6. The number of nitrogens with one attached hydrogen (secondary N) is 1. The summed E-state index contributed by atoms with van der Waals surface area (Å²) in [6.07, 6.45) is 2.63. The summed E-state index contributed by atoms with van der Waals surface area (Å²) >= 11 is 0. The van der Waals surface area contributed by atoms with Crippen molar-refractivity contribution in [2.75, 3.05) is 18.4 Å². The van der Waals surface area contributed by atoms with Crippen LogP contribution in [-0.4, -0.2) is 23.9 Å². The van der Waals surface area contributed by atoms with E-state index in [2.05, 4.69) is 48.3 Å². The normalized spacial score (nSPS) is 17.9. The zero-order chi connectivity index (χ0) is 18.7. The Labute approximate surface area is 157 Å². The molecule has 0 aliphatic carbocycles. The molecule has 138 valence electrons. The molecule has 1 saturated heterocycles. The fraction of sp³-hybridized carbons (Fsp3) is 0.435. The number of hydrogen-bond donors (Lipinski definition) is 1. The van der Waals surface area contributed by atoms with E-state index in [1.807, 2.05) is 26.0 Å². The molecule has 26 heavy (non-hydrogen) atoms. The van der Waals surface area contributed by atoms with E-state index in [4.69, 9.17) is 0 Å². The van der Waals surface area contributed by atoms with E-state index >= 15 is 0 Å². The second kappa shape index (κ2) is 8.05. The Kier molecular flexibility index (Phi) is 5.77. The van der Waals surface area contributed by atoms with Crippen LogP contribution in [0.1, 0.15) is 52.4 Å². The summed E-state index contributed by atoms with van der Waals surface area (Å²) in [6, 6.07) is 12.3. The average molecular weight is 351 g/mol. The highest BCUT2D eigenvalue weighted by atomic mass is 16.1. The first-order valence-corrected chi connectivity index (χ1v) is 9.63. The SMILES string of the molecule is Cc1cc(C)c(NC(=O)c2ccc(CN3CCC[C@H](C)C3)cc2)c(C)c1. The Hall–Kier alpha value is -2.13. The van der Waals surface area contributed by atoms with Gasteiger partial charge in [-0.15, -0.1) is 0 Å². The van der Waals surface area contributed by atoms with Gasteiger partial charge in [-0.05, 0) is 74.9 Å². The van der Waals surface area contributed by atoms with Gasteiger partial charge >= 0.3 is 0 Å². The topological polar surface area (TPSA) is 32.3 Å².